The van der Waals surface area contributed by atoms with Gasteiger partial charge in [0.15, 0.2) is 11.7 Å². The predicted molar refractivity (Wildman–Crippen MR) is 91.6 cm³/mol. The van der Waals surface area contributed by atoms with E-state index in [-0.39, 0.29) is 0 Å². The lowest BCUT2D eigenvalue weighted by molar-refractivity contribution is 0.937. The van der Waals surface area contributed by atoms with Gasteiger partial charge in [-0.15, -0.1) is 0 Å². The Hall–Kier alpha value is -3.10. The molecule has 0 aromatic carbocycles. The predicted octanol–water partition coefficient (Wildman–Crippen LogP) is 0.915. The Bertz CT molecular complexity index is 741. The van der Waals surface area contributed by atoms with Gasteiger partial charge >= 0.3 is 0 Å². The van der Waals surface area contributed by atoms with Crippen molar-refractivity contribution in [3.8, 4) is 0 Å². The summed E-state index contributed by atoms with van der Waals surface area (Å²) in [5.41, 5.74) is 0.951. The Kier molecular flexibility index (Phi) is 5.50. The lowest BCUT2D eigenvalue weighted by Crippen LogP contribution is -2.14. The van der Waals surface area contributed by atoms with Crippen LogP contribution in [0.1, 0.15) is 30.8 Å². The highest BCUT2D eigenvalue weighted by Crippen LogP contribution is 2.05. The first-order chi connectivity index (χ1) is 11.2. The minimum Gasteiger partial charge on any atom is -0.348 e. The largest absolute Gasteiger partial charge is 0.348 e. The zero-order valence-electron chi connectivity index (χ0n) is 13.2. The topological polar surface area (TPSA) is 112 Å². The van der Waals surface area contributed by atoms with Crippen molar-refractivity contribution in [1.82, 2.24) is 20.3 Å². The van der Waals surface area contributed by atoms with Crippen LogP contribution in [0.25, 0.3) is 0 Å². The Morgan fingerprint density at radius 1 is 1.35 bits per heavy atom. The molecule has 2 heterocycles. The summed E-state index contributed by atoms with van der Waals surface area (Å²) in [6.07, 6.45) is 5.37. The van der Waals surface area contributed by atoms with Gasteiger partial charge in [-0.3, -0.25) is 9.98 Å². The average Bonchev–Trinajstić information content (AvgIpc) is 2.80. The zero-order chi connectivity index (χ0) is 16.7. The molecule has 0 saturated heterocycles. The maximum absolute atomic E-state index is 4.34. The average molecular weight is 311 g/mol. The van der Waals surface area contributed by atoms with Gasteiger partial charge in [-0.1, -0.05) is 6.92 Å². The number of allylic oxidation sites excluding steroid dienone is 1. The fraction of sp³-hybridized carbons (Fsp3) is 0.286. The Balaban J connectivity index is 2.45. The maximum atomic E-state index is 4.34. The quantitative estimate of drug-likeness (QED) is 0.658. The van der Waals surface area contributed by atoms with Crippen molar-refractivity contribution >= 4 is 31.1 Å². The third-order valence-electron chi connectivity index (χ3n) is 2.78. The fourth-order valence-electron chi connectivity index (χ4n) is 1.69. The molecule has 0 aliphatic carbocycles. The second-order valence-electron chi connectivity index (χ2n) is 4.37. The normalized spacial score (nSPS) is 15.0. The molecule has 2 rings (SSSR count). The van der Waals surface area contributed by atoms with Crippen molar-refractivity contribution < 1.29 is 0 Å². The van der Waals surface area contributed by atoms with Crippen molar-refractivity contribution in [3.05, 3.63) is 29.4 Å². The summed E-state index contributed by atoms with van der Waals surface area (Å²) in [5, 5.41) is 3.04. The third kappa shape index (κ3) is 4.19. The van der Waals surface area contributed by atoms with E-state index in [9.17, 15) is 0 Å². The molecule has 0 amide bonds. The van der Waals surface area contributed by atoms with Gasteiger partial charge in [0.25, 0.3) is 0 Å². The van der Waals surface area contributed by atoms with Gasteiger partial charge < -0.3 is 5.32 Å². The minimum atomic E-state index is 0.324. The van der Waals surface area contributed by atoms with E-state index in [0.29, 0.717) is 29.1 Å². The smallest absolute Gasteiger partial charge is 0.201 e. The number of nitrogens with zero attached hydrogens (tertiary/aromatic N) is 8. The number of hydrogen-bond donors (Lipinski definition) is 1. The molecule has 9 heteroatoms. The van der Waals surface area contributed by atoms with E-state index in [1.54, 1.807) is 26.5 Å². The summed E-state index contributed by atoms with van der Waals surface area (Å²) in [6, 6.07) is 0. The minimum absolute atomic E-state index is 0.324. The van der Waals surface area contributed by atoms with Crippen molar-refractivity contribution in [3.63, 3.8) is 0 Å². The Morgan fingerprint density at radius 2 is 2.17 bits per heavy atom. The Labute approximate surface area is 133 Å². The number of amidine groups is 2. The van der Waals surface area contributed by atoms with Crippen LogP contribution in [0.15, 0.2) is 36.9 Å². The number of aromatic nitrogens is 3. The van der Waals surface area contributed by atoms with Crippen LogP contribution in [-0.2, 0) is 0 Å². The number of rotatable bonds is 4. The second-order valence-corrected chi connectivity index (χ2v) is 4.37. The number of aliphatic imine (C=N–C) groups is 5. The van der Waals surface area contributed by atoms with E-state index in [0.717, 1.165) is 12.1 Å². The first-order valence-electron chi connectivity index (χ1n) is 6.92. The summed E-state index contributed by atoms with van der Waals surface area (Å²) in [4.78, 5) is 33.0. The van der Waals surface area contributed by atoms with E-state index >= 15 is 0 Å². The highest BCUT2D eigenvalue weighted by atomic mass is 15.1. The van der Waals surface area contributed by atoms with Gasteiger partial charge in [0.05, 0.1) is 6.34 Å². The van der Waals surface area contributed by atoms with E-state index in [1.165, 1.54) is 6.34 Å². The molecule has 0 radical (unpaired) electrons. The molecule has 1 N–H and O–H groups in total. The first kappa shape index (κ1) is 16.3. The standard InChI is InChI=1S/C14H17N9/c1-5-10-6-17-12(20-8-18-10)14-22-9(2)21-13(23-14)11(16-4)19-7-15-3/h6-8H,3,5H2,1-2,4H3,(H,17,18,20). The molecule has 0 unspecified atom stereocenters. The maximum Gasteiger partial charge on any atom is 0.201 e. The van der Waals surface area contributed by atoms with Crippen LogP contribution in [-0.4, -0.2) is 53.1 Å². The zero-order valence-corrected chi connectivity index (χ0v) is 13.2. The highest BCUT2D eigenvalue weighted by molar-refractivity contribution is 6.03. The van der Waals surface area contributed by atoms with Crippen LogP contribution >= 0.6 is 0 Å². The molecular weight excluding hydrogens is 294 g/mol. The number of nitrogens with one attached hydrogen (secondary N) is 1. The van der Waals surface area contributed by atoms with E-state index in [2.05, 4.69) is 51.9 Å². The van der Waals surface area contributed by atoms with E-state index < -0.39 is 0 Å². The molecule has 1 aromatic heterocycles. The van der Waals surface area contributed by atoms with Crippen molar-refractivity contribution in [2.24, 2.45) is 25.0 Å². The summed E-state index contributed by atoms with van der Waals surface area (Å²) in [6.45, 7) is 7.11. The third-order valence-corrected chi connectivity index (χ3v) is 2.78. The molecule has 1 aromatic rings. The van der Waals surface area contributed by atoms with Gasteiger partial charge in [-0.05, 0) is 20.1 Å². The van der Waals surface area contributed by atoms with E-state index in [1.807, 2.05) is 6.92 Å². The summed E-state index contributed by atoms with van der Waals surface area (Å²) >= 11 is 0. The summed E-state index contributed by atoms with van der Waals surface area (Å²) < 4.78 is 0. The van der Waals surface area contributed by atoms with E-state index in [4.69, 9.17) is 0 Å². The molecular formula is C14H17N9. The molecule has 0 saturated carbocycles. The molecule has 23 heavy (non-hydrogen) atoms. The molecule has 0 bridgehead atoms. The SMILES string of the molecule is C=NC=NC(=NC)c1nc(C)nc(C2=NC=C(CC)NC=N2)n1. The van der Waals surface area contributed by atoms with Gasteiger partial charge in [0, 0.05) is 18.9 Å². The molecule has 118 valence electrons. The highest BCUT2D eigenvalue weighted by Gasteiger charge is 2.13. The number of hydrogen-bond acceptors (Lipinski definition) is 7. The van der Waals surface area contributed by atoms with Crippen LogP contribution < -0.4 is 5.32 Å². The molecule has 0 fully saturated rings. The van der Waals surface area contributed by atoms with Crippen LogP contribution in [0.2, 0.25) is 0 Å². The van der Waals surface area contributed by atoms with Crippen LogP contribution in [0.4, 0.5) is 0 Å². The molecule has 9 nitrogen and oxygen atoms in total. The fourth-order valence-corrected chi connectivity index (χ4v) is 1.69. The van der Waals surface area contributed by atoms with Crippen molar-refractivity contribution in [2.75, 3.05) is 7.05 Å². The lowest BCUT2D eigenvalue weighted by Gasteiger charge is -2.03. The van der Waals surface area contributed by atoms with Gasteiger partial charge in [0.2, 0.25) is 11.6 Å². The van der Waals surface area contributed by atoms with Crippen LogP contribution in [0.3, 0.4) is 0 Å². The second kappa shape index (κ2) is 7.78. The number of aryl methyl sites for hydroxylation is 1. The lowest BCUT2D eigenvalue weighted by atomic mass is 10.4. The van der Waals surface area contributed by atoms with Crippen LogP contribution in [0.5, 0.6) is 0 Å². The molecule has 1 aliphatic heterocycles. The van der Waals surface area contributed by atoms with Crippen molar-refractivity contribution in [1.29, 1.82) is 0 Å². The monoisotopic (exact) mass is 311 g/mol. The van der Waals surface area contributed by atoms with Crippen LogP contribution in [0, 0.1) is 6.92 Å². The Morgan fingerprint density at radius 3 is 2.87 bits per heavy atom. The molecule has 0 spiro atoms. The van der Waals surface area contributed by atoms with Crippen molar-refractivity contribution in [2.45, 2.75) is 20.3 Å². The van der Waals surface area contributed by atoms with Gasteiger partial charge in [0.1, 0.15) is 12.2 Å². The summed E-state index contributed by atoms with van der Waals surface area (Å²) in [5.74, 6) is 1.90. The first-order valence-corrected chi connectivity index (χ1v) is 6.92. The molecule has 0 atom stereocenters. The molecule has 1 aliphatic rings. The van der Waals surface area contributed by atoms with Gasteiger partial charge in [-0.2, -0.15) is 0 Å². The summed E-state index contributed by atoms with van der Waals surface area (Å²) in [7, 11) is 1.59. The van der Waals surface area contributed by atoms with Gasteiger partial charge in [-0.25, -0.2) is 29.9 Å².